The van der Waals surface area contributed by atoms with Crippen molar-refractivity contribution in [1.82, 2.24) is 0 Å². The van der Waals surface area contributed by atoms with Gasteiger partial charge in [0.05, 0.1) is 17.1 Å². The van der Waals surface area contributed by atoms with Crippen molar-refractivity contribution in [2.75, 3.05) is 13.2 Å². The third-order valence-electron chi connectivity index (χ3n) is 5.04. The highest BCUT2D eigenvalue weighted by atomic mass is 16.7. The zero-order chi connectivity index (χ0) is 19.2. The topological polar surface area (TPSA) is 148 Å². The smallest absolute Gasteiger partial charge is 0.293 e. The molecule has 0 radical (unpaired) electrons. The number of benzene rings is 1. The second-order valence-electron chi connectivity index (χ2n) is 6.07. The number of nitrogens with zero attached hydrogens (tertiary/aromatic N) is 4. The highest BCUT2D eigenvalue weighted by molar-refractivity contribution is 6.00. The summed E-state index contributed by atoms with van der Waals surface area (Å²) in [7, 11) is 0. The maximum atomic E-state index is 10.9. The minimum atomic E-state index is -1.68. The Hall–Kier alpha value is -3.01. The van der Waals surface area contributed by atoms with E-state index in [-0.39, 0.29) is 24.7 Å². The van der Waals surface area contributed by atoms with Crippen LogP contribution in [0.3, 0.4) is 0 Å². The van der Waals surface area contributed by atoms with Gasteiger partial charge < -0.3 is 15.2 Å². The van der Waals surface area contributed by atoms with Crippen molar-refractivity contribution in [2.24, 2.45) is 21.6 Å². The molecular formula is C17H17N5O4. The van der Waals surface area contributed by atoms with Crippen LogP contribution in [-0.2, 0) is 9.47 Å². The fourth-order valence-corrected chi connectivity index (χ4v) is 4.04. The molecular weight excluding hydrogens is 338 g/mol. The third kappa shape index (κ3) is 1.81. The van der Waals surface area contributed by atoms with E-state index in [2.05, 4.69) is 17.1 Å². The molecule has 0 saturated heterocycles. The number of aliphatic imine (C=N–C) groups is 1. The molecule has 1 heterocycles. The van der Waals surface area contributed by atoms with E-state index in [4.69, 9.17) is 15.2 Å². The molecule has 2 N–H and O–H groups in total. The molecule has 3 rings (SSSR count). The number of amidine groups is 1. The molecule has 0 aromatic heterocycles. The molecule has 1 fully saturated rings. The van der Waals surface area contributed by atoms with Gasteiger partial charge in [0, 0.05) is 31.3 Å². The number of nitrogens with two attached hydrogens (primary N) is 1. The molecule has 134 valence electrons. The Morgan fingerprint density at radius 2 is 1.81 bits per heavy atom. The van der Waals surface area contributed by atoms with Crippen LogP contribution in [0.4, 0.5) is 5.69 Å². The van der Waals surface area contributed by atoms with Gasteiger partial charge in [0.2, 0.25) is 0 Å². The van der Waals surface area contributed by atoms with Crippen LogP contribution in [0.25, 0.3) is 0 Å². The highest BCUT2D eigenvalue weighted by Crippen LogP contribution is 2.81. The number of nitro benzene ring substituents is 1. The van der Waals surface area contributed by atoms with Gasteiger partial charge in [-0.15, -0.1) is 0 Å². The van der Waals surface area contributed by atoms with Gasteiger partial charge >= 0.3 is 0 Å². The zero-order valence-corrected chi connectivity index (χ0v) is 14.3. The van der Waals surface area contributed by atoms with E-state index >= 15 is 0 Å². The van der Waals surface area contributed by atoms with Crippen LogP contribution in [0.2, 0.25) is 0 Å². The number of non-ortho nitro benzene ring substituents is 1. The molecule has 9 nitrogen and oxygen atoms in total. The average Bonchev–Trinajstić information content (AvgIpc) is 3.21. The Balaban J connectivity index is 2.17. The van der Waals surface area contributed by atoms with Crippen molar-refractivity contribution in [3.05, 3.63) is 39.9 Å². The summed E-state index contributed by atoms with van der Waals surface area (Å²) in [5.41, 5.74) is 3.70. The molecule has 0 spiro atoms. The Labute approximate surface area is 149 Å². The third-order valence-corrected chi connectivity index (χ3v) is 5.04. The fraction of sp³-hybridized carbons (Fsp3) is 0.471. The Bertz CT molecular complexity index is 863. The standard InChI is InChI=1S/C17H17N5O4/c1-3-25-17(26-4-2)16(10-19)13(15(16,9-18)14(20)21-17)11-5-7-12(8-6-11)22(23)24/h5-8,13H,3-4H2,1-2H3,(H2,20,21)/t13-,15-,16-/m1/s1. The molecule has 0 amide bonds. The van der Waals surface area contributed by atoms with E-state index in [1.54, 1.807) is 13.8 Å². The SMILES string of the molecule is CCOC1(OCC)N=C(N)[C@@]2(C#N)[C@@H](c3ccc([N+](=O)[O-])cc3)[C@@]12C#N. The van der Waals surface area contributed by atoms with Gasteiger partial charge in [0.15, 0.2) is 5.41 Å². The van der Waals surface area contributed by atoms with Crippen LogP contribution >= 0.6 is 0 Å². The number of nitro groups is 1. The Morgan fingerprint density at radius 1 is 1.23 bits per heavy atom. The number of hydrogen-bond donors (Lipinski definition) is 1. The second kappa shape index (κ2) is 5.77. The van der Waals surface area contributed by atoms with E-state index in [1.807, 2.05) is 0 Å². The van der Waals surface area contributed by atoms with Gasteiger partial charge in [0.25, 0.3) is 11.6 Å². The zero-order valence-electron chi connectivity index (χ0n) is 14.3. The summed E-state index contributed by atoms with van der Waals surface area (Å²) in [6.45, 7) is 3.86. The molecule has 0 unspecified atom stereocenters. The van der Waals surface area contributed by atoms with Crippen LogP contribution in [-0.4, -0.2) is 29.9 Å². The summed E-state index contributed by atoms with van der Waals surface area (Å²) in [6, 6.07) is 10.0. The van der Waals surface area contributed by atoms with Crippen LogP contribution in [0.1, 0.15) is 25.3 Å². The van der Waals surface area contributed by atoms with Crippen molar-refractivity contribution in [2.45, 2.75) is 25.7 Å². The first-order valence-corrected chi connectivity index (χ1v) is 8.11. The molecule has 1 aliphatic heterocycles. The van der Waals surface area contributed by atoms with Crippen molar-refractivity contribution in [1.29, 1.82) is 10.5 Å². The summed E-state index contributed by atoms with van der Waals surface area (Å²) in [4.78, 5) is 14.6. The van der Waals surface area contributed by atoms with E-state index in [0.29, 0.717) is 5.56 Å². The van der Waals surface area contributed by atoms with Crippen molar-refractivity contribution in [3.63, 3.8) is 0 Å². The largest absolute Gasteiger partial charge is 0.386 e. The molecule has 9 heteroatoms. The van der Waals surface area contributed by atoms with Gasteiger partial charge in [-0.1, -0.05) is 12.1 Å². The van der Waals surface area contributed by atoms with E-state index in [9.17, 15) is 20.6 Å². The summed E-state index contributed by atoms with van der Waals surface area (Å²) in [5, 5.41) is 30.8. The predicted octanol–water partition coefficient (Wildman–Crippen LogP) is 1.81. The van der Waals surface area contributed by atoms with Gasteiger partial charge in [-0.25, -0.2) is 4.99 Å². The van der Waals surface area contributed by atoms with Gasteiger partial charge in [0.1, 0.15) is 11.3 Å². The number of hydrogen-bond acceptors (Lipinski definition) is 8. The lowest BCUT2D eigenvalue weighted by molar-refractivity contribution is -0.384. The fourth-order valence-electron chi connectivity index (χ4n) is 4.04. The molecule has 1 saturated carbocycles. The van der Waals surface area contributed by atoms with Gasteiger partial charge in [-0.3, -0.25) is 10.1 Å². The van der Waals surface area contributed by atoms with Crippen LogP contribution in [0, 0.1) is 43.6 Å². The van der Waals surface area contributed by atoms with E-state index < -0.39 is 27.6 Å². The van der Waals surface area contributed by atoms with Crippen molar-refractivity contribution < 1.29 is 14.4 Å². The van der Waals surface area contributed by atoms with Crippen molar-refractivity contribution in [3.8, 4) is 12.1 Å². The molecule has 0 bridgehead atoms. The lowest BCUT2D eigenvalue weighted by Crippen LogP contribution is -2.43. The number of rotatable bonds is 6. The minimum Gasteiger partial charge on any atom is -0.386 e. The molecule has 1 aromatic rings. The summed E-state index contributed by atoms with van der Waals surface area (Å²) < 4.78 is 11.4. The minimum absolute atomic E-state index is 0.0215. The summed E-state index contributed by atoms with van der Waals surface area (Å²) in [5.74, 6) is -2.37. The maximum Gasteiger partial charge on any atom is 0.293 e. The average molecular weight is 355 g/mol. The van der Waals surface area contributed by atoms with Crippen LogP contribution < -0.4 is 5.73 Å². The lowest BCUT2D eigenvalue weighted by atomic mass is 9.93. The van der Waals surface area contributed by atoms with E-state index in [0.717, 1.165) is 0 Å². The Kier molecular flexibility index (Phi) is 3.95. The molecule has 2 aliphatic rings. The monoisotopic (exact) mass is 355 g/mol. The molecule has 1 aromatic carbocycles. The first-order valence-electron chi connectivity index (χ1n) is 8.11. The van der Waals surface area contributed by atoms with Crippen molar-refractivity contribution >= 4 is 11.5 Å². The number of nitriles is 2. The highest BCUT2D eigenvalue weighted by Gasteiger charge is 2.93. The van der Waals surface area contributed by atoms with Crippen LogP contribution in [0.15, 0.2) is 29.3 Å². The first-order chi connectivity index (χ1) is 12.4. The molecule has 1 aliphatic carbocycles. The summed E-state index contributed by atoms with van der Waals surface area (Å²) in [6.07, 6.45) is 0. The number of ether oxygens (including phenoxy) is 2. The maximum absolute atomic E-state index is 10.9. The molecule has 26 heavy (non-hydrogen) atoms. The summed E-state index contributed by atoms with van der Waals surface area (Å²) >= 11 is 0. The lowest BCUT2D eigenvalue weighted by Gasteiger charge is -2.31. The first kappa shape index (κ1) is 17.8. The molecule has 3 atom stereocenters. The van der Waals surface area contributed by atoms with E-state index in [1.165, 1.54) is 24.3 Å². The normalized spacial score (nSPS) is 30.6. The number of fused-ring (bicyclic) bond motifs is 1. The Morgan fingerprint density at radius 3 is 2.23 bits per heavy atom. The quantitative estimate of drug-likeness (QED) is 0.464. The second-order valence-corrected chi connectivity index (χ2v) is 6.07. The predicted molar refractivity (Wildman–Crippen MR) is 89.5 cm³/mol. The van der Waals surface area contributed by atoms with Crippen LogP contribution in [0.5, 0.6) is 0 Å². The van der Waals surface area contributed by atoms with Gasteiger partial charge in [-0.2, -0.15) is 10.5 Å². The van der Waals surface area contributed by atoms with Gasteiger partial charge in [-0.05, 0) is 19.4 Å².